The first-order chi connectivity index (χ1) is 8.31. The molecule has 0 fully saturated rings. The van der Waals surface area contributed by atoms with Crippen LogP contribution in [0.5, 0.6) is 0 Å². The van der Waals surface area contributed by atoms with Gasteiger partial charge in [-0.2, -0.15) is 0 Å². The van der Waals surface area contributed by atoms with Crippen LogP contribution in [0.3, 0.4) is 0 Å². The third-order valence-corrected chi connectivity index (χ3v) is 2.85. The average molecular weight is 361 g/mol. The monoisotopic (exact) mass is 362 g/mol. The van der Waals surface area contributed by atoms with Crippen molar-refractivity contribution in [2.45, 2.75) is 71.1 Å². The average Bonchev–Trinajstić information content (AvgIpc) is 2.34. The summed E-state index contributed by atoms with van der Waals surface area (Å²) < 4.78 is 4.91. The van der Waals surface area contributed by atoms with Gasteiger partial charge in [-0.1, -0.05) is 70.9 Å². The zero-order valence-electron chi connectivity index (χ0n) is 12.1. The number of unbranched alkanes of at least 4 members (excludes halogenated alkanes) is 8. The van der Waals surface area contributed by atoms with Gasteiger partial charge in [0.25, 0.3) is 0 Å². The molecule has 0 aromatic heterocycles. The zero-order chi connectivity index (χ0) is 12.8. The molecule has 0 aliphatic rings. The Morgan fingerprint density at radius 2 is 1.50 bits per heavy atom. The summed E-state index contributed by atoms with van der Waals surface area (Å²) in [5, 5.41) is 0. The van der Waals surface area contributed by atoms with Crippen LogP contribution in [-0.4, -0.2) is 36.5 Å². The van der Waals surface area contributed by atoms with Crippen molar-refractivity contribution >= 4 is 29.9 Å². The van der Waals surface area contributed by atoms with E-state index in [1.165, 1.54) is 44.9 Å². The molecule has 0 aromatic rings. The first kappa shape index (κ1) is 20.3. The minimum atomic E-state index is -0.0900. The van der Waals surface area contributed by atoms with Crippen molar-refractivity contribution in [3.05, 3.63) is 12.7 Å². The molecular weight excluding hydrogens is 331 g/mol. The van der Waals surface area contributed by atoms with E-state index >= 15 is 0 Å². The normalized spacial score (nSPS) is 9.61. The van der Waals surface area contributed by atoms with Crippen LogP contribution in [0.4, 0.5) is 0 Å². The van der Waals surface area contributed by atoms with Crippen LogP contribution >= 0.6 is 0 Å². The number of rotatable bonds is 12. The van der Waals surface area contributed by atoms with Crippen LogP contribution < -0.4 is 0 Å². The quantitative estimate of drug-likeness (QED) is 0.229. The maximum absolute atomic E-state index is 11.1. The third kappa shape index (κ3) is 16.0. The van der Waals surface area contributed by atoms with E-state index in [9.17, 15) is 4.79 Å². The summed E-state index contributed by atoms with van der Waals surface area (Å²) in [6, 6.07) is 0. The van der Waals surface area contributed by atoms with Crippen molar-refractivity contribution in [2.75, 3.05) is 6.61 Å². The second-order valence-corrected chi connectivity index (χ2v) is 4.55. The van der Waals surface area contributed by atoms with Gasteiger partial charge < -0.3 is 4.74 Å². The molecule has 0 saturated heterocycles. The Bertz CT molecular complexity index is 193. The number of esters is 1. The molecule has 2 nitrogen and oxygen atoms in total. The van der Waals surface area contributed by atoms with Crippen LogP contribution in [0, 0.1) is 0 Å². The second-order valence-electron chi connectivity index (χ2n) is 4.55. The minimum absolute atomic E-state index is 0. The Hall–Kier alpha value is 0.00870. The topological polar surface area (TPSA) is 26.3 Å². The second kappa shape index (κ2) is 17.0. The van der Waals surface area contributed by atoms with Gasteiger partial charge in [-0.3, -0.25) is 4.79 Å². The summed E-state index contributed by atoms with van der Waals surface area (Å²) in [6.07, 6.45) is 13.6. The Kier molecular flexibility index (Phi) is 19.2. The van der Waals surface area contributed by atoms with Gasteiger partial charge in [0.05, 0.1) is 0 Å². The van der Waals surface area contributed by atoms with Gasteiger partial charge in [-0.25, -0.2) is 0 Å². The molecule has 3 heteroatoms. The van der Waals surface area contributed by atoms with Gasteiger partial charge in [0.2, 0.25) is 0 Å². The number of hydrogen-bond donors (Lipinski definition) is 0. The van der Waals surface area contributed by atoms with E-state index in [0.717, 1.165) is 12.8 Å². The molecule has 18 heavy (non-hydrogen) atoms. The van der Waals surface area contributed by atoms with E-state index in [1.54, 1.807) is 6.08 Å². The fourth-order valence-corrected chi connectivity index (χ4v) is 1.80. The number of carbonyl (C=O) groups excluding carboxylic acids is 1. The Balaban J connectivity index is 0. The van der Waals surface area contributed by atoms with Gasteiger partial charge in [0.1, 0.15) is 6.61 Å². The van der Waals surface area contributed by atoms with E-state index < -0.39 is 0 Å². The predicted octanol–water partition coefficient (Wildman–Crippen LogP) is 3.72. The predicted molar refractivity (Wildman–Crippen MR) is 81.5 cm³/mol. The molecule has 0 heterocycles. The number of hydrogen-bond acceptors (Lipinski definition) is 2. The maximum atomic E-state index is 11.1. The van der Waals surface area contributed by atoms with Crippen LogP contribution in [0.15, 0.2) is 12.7 Å². The zero-order valence-corrected chi connectivity index (χ0v) is 16.1. The van der Waals surface area contributed by atoms with E-state index in [2.05, 4.69) is 13.5 Å². The van der Waals surface area contributed by atoms with Crippen molar-refractivity contribution < 1.29 is 9.53 Å². The van der Waals surface area contributed by atoms with E-state index in [1.807, 2.05) is 0 Å². The summed E-state index contributed by atoms with van der Waals surface area (Å²) in [6.45, 7) is 6.09. The molecule has 0 N–H and O–H groups in total. The van der Waals surface area contributed by atoms with Crippen molar-refractivity contribution in [1.29, 1.82) is 0 Å². The Labute approximate surface area is 130 Å². The first-order valence-electron chi connectivity index (χ1n) is 7.07. The molecule has 0 saturated carbocycles. The molecular formula is C15H30O2Sn. The van der Waals surface area contributed by atoms with Gasteiger partial charge in [-0.05, 0) is 6.42 Å². The summed E-state index contributed by atoms with van der Waals surface area (Å²) in [7, 11) is 0. The molecule has 0 spiro atoms. The standard InChI is InChI=1S/C15H28O2.Sn.2H/c1-3-5-6-7-8-9-10-11-12-13-15(16)17-14-4-2;;;/h4H,2-3,5-14H2,1H3;;;. The third-order valence-electron chi connectivity index (χ3n) is 2.85. The molecule has 0 aliphatic carbocycles. The summed E-state index contributed by atoms with van der Waals surface area (Å²) in [5.74, 6) is -0.0900. The fraction of sp³-hybridized carbons (Fsp3) is 0.800. The first-order valence-corrected chi connectivity index (χ1v) is 7.07. The van der Waals surface area contributed by atoms with E-state index in [4.69, 9.17) is 4.74 Å². The van der Waals surface area contributed by atoms with Crippen LogP contribution in [0.2, 0.25) is 0 Å². The summed E-state index contributed by atoms with van der Waals surface area (Å²) in [5.41, 5.74) is 0. The molecule has 0 unspecified atom stereocenters. The number of ether oxygens (including phenoxy) is 1. The van der Waals surface area contributed by atoms with E-state index in [0.29, 0.717) is 13.0 Å². The van der Waals surface area contributed by atoms with Crippen LogP contribution in [0.25, 0.3) is 0 Å². The molecule has 0 aliphatic heterocycles. The van der Waals surface area contributed by atoms with Gasteiger partial charge >= 0.3 is 29.9 Å². The molecule has 106 valence electrons. The van der Waals surface area contributed by atoms with Crippen LogP contribution in [0.1, 0.15) is 71.1 Å². The molecule has 0 bridgehead atoms. The molecule has 0 atom stereocenters. The van der Waals surface area contributed by atoms with Gasteiger partial charge in [0.15, 0.2) is 0 Å². The fourth-order valence-electron chi connectivity index (χ4n) is 1.80. The van der Waals surface area contributed by atoms with Gasteiger partial charge in [0, 0.05) is 6.42 Å². The Morgan fingerprint density at radius 3 is 2.00 bits per heavy atom. The summed E-state index contributed by atoms with van der Waals surface area (Å²) in [4.78, 5) is 11.1. The molecule has 0 aromatic carbocycles. The SMILES string of the molecule is C=CCOC(=O)CCCCCCCCCCC.[SnH2]. The van der Waals surface area contributed by atoms with Crippen molar-refractivity contribution in [2.24, 2.45) is 0 Å². The van der Waals surface area contributed by atoms with Crippen molar-refractivity contribution in [3.8, 4) is 0 Å². The molecule has 0 rings (SSSR count). The number of carbonyl (C=O) groups is 1. The molecule has 2 radical (unpaired) electrons. The van der Waals surface area contributed by atoms with Crippen molar-refractivity contribution in [3.63, 3.8) is 0 Å². The Morgan fingerprint density at radius 1 is 1.00 bits per heavy atom. The molecule has 0 amide bonds. The van der Waals surface area contributed by atoms with Crippen molar-refractivity contribution in [1.82, 2.24) is 0 Å². The van der Waals surface area contributed by atoms with E-state index in [-0.39, 0.29) is 29.9 Å². The van der Waals surface area contributed by atoms with Gasteiger partial charge in [-0.15, -0.1) is 0 Å². The van der Waals surface area contributed by atoms with Crippen LogP contribution in [-0.2, 0) is 9.53 Å². The summed E-state index contributed by atoms with van der Waals surface area (Å²) >= 11 is 0.